The number of hydrogen-bond acceptors (Lipinski definition) is 5. The van der Waals surface area contributed by atoms with E-state index in [-0.39, 0.29) is 12.5 Å². The van der Waals surface area contributed by atoms with Gasteiger partial charge < -0.3 is 20.1 Å². The summed E-state index contributed by atoms with van der Waals surface area (Å²) in [7, 11) is 3.29. The fraction of sp³-hybridized carbons (Fsp3) is 0.217. The SMILES string of the molecule is Cc1cc(NC(=O)C(=O)NCc2noc(-c3ccccc3)c2C)cc(C(=O)N(C)C)c1. The second-order valence-electron chi connectivity index (χ2n) is 7.37. The Hall–Kier alpha value is -3.94. The second kappa shape index (κ2) is 9.25. The van der Waals surface area contributed by atoms with Crippen molar-refractivity contribution in [3.63, 3.8) is 0 Å². The van der Waals surface area contributed by atoms with Crippen molar-refractivity contribution in [2.24, 2.45) is 0 Å². The molecule has 0 fully saturated rings. The molecule has 0 spiro atoms. The van der Waals surface area contributed by atoms with E-state index in [1.165, 1.54) is 11.0 Å². The highest BCUT2D eigenvalue weighted by molar-refractivity contribution is 6.39. The minimum absolute atomic E-state index is 0.0482. The van der Waals surface area contributed by atoms with E-state index < -0.39 is 11.8 Å². The maximum Gasteiger partial charge on any atom is 0.313 e. The van der Waals surface area contributed by atoms with Crippen LogP contribution in [0.3, 0.4) is 0 Å². The standard InChI is InChI=1S/C23H24N4O4/c1-14-10-17(23(30)27(3)4)12-18(11-14)25-22(29)21(28)24-13-19-15(2)20(31-26-19)16-8-6-5-7-9-16/h5-12H,13H2,1-4H3,(H,24,28)(H,25,29). The van der Waals surface area contributed by atoms with Crippen LogP contribution in [0.15, 0.2) is 53.1 Å². The number of benzene rings is 2. The van der Waals surface area contributed by atoms with Gasteiger partial charge in [-0.3, -0.25) is 14.4 Å². The fourth-order valence-corrected chi connectivity index (χ4v) is 3.06. The van der Waals surface area contributed by atoms with Crippen LogP contribution in [0.5, 0.6) is 0 Å². The second-order valence-corrected chi connectivity index (χ2v) is 7.37. The number of carbonyl (C=O) groups excluding carboxylic acids is 3. The van der Waals surface area contributed by atoms with Gasteiger partial charge in [0.1, 0.15) is 5.69 Å². The Balaban J connectivity index is 1.64. The van der Waals surface area contributed by atoms with Gasteiger partial charge in [-0.15, -0.1) is 0 Å². The van der Waals surface area contributed by atoms with Crippen molar-refractivity contribution in [2.45, 2.75) is 20.4 Å². The molecule has 0 saturated carbocycles. The number of anilines is 1. The minimum Gasteiger partial charge on any atom is -0.356 e. The molecule has 1 aromatic heterocycles. The zero-order chi connectivity index (χ0) is 22.5. The first kappa shape index (κ1) is 21.8. The molecule has 160 valence electrons. The first-order valence-corrected chi connectivity index (χ1v) is 9.69. The summed E-state index contributed by atoms with van der Waals surface area (Å²) < 4.78 is 5.40. The molecule has 0 aliphatic heterocycles. The fourth-order valence-electron chi connectivity index (χ4n) is 3.06. The topological polar surface area (TPSA) is 105 Å². The van der Waals surface area contributed by atoms with Gasteiger partial charge in [0, 0.05) is 36.5 Å². The van der Waals surface area contributed by atoms with E-state index in [1.807, 2.05) is 37.3 Å². The van der Waals surface area contributed by atoms with Gasteiger partial charge in [-0.1, -0.05) is 35.5 Å². The van der Waals surface area contributed by atoms with Crippen LogP contribution in [0, 0.1) is 13.8 Å². The van der Waals surface area contributed by atoms with Crippen LogP contribution in [0.4, 0.5) is 5.69 Å². The van der Waals surface area contributed by atoms with Crippen molar-refractivity contribution in [1.82, 2.24) is 15.4 Å². The van der Waals surface area contributed by atoms with Gasteiger partial charge in [0.2, 0.25) is 0 Å². The van der Waals surface area contributed by atoms with Gasteiger partial charge in [0.25, 0.3) is 5.91 Å². The molecule has 0 aliphatic carbocycles. The Morgan fingerprint density at radius 1 is 1.00 bits per heavy atom. The van der Waals surface area contributed by atoms with E-state index in [0.29, 0.717) is 22.7 Å². The summed E-state index contributed by atoms with van der Waals surface area (Å²) in [6.07, 6.45) is 0. The molecule has 0 saturated heterocycles. The molecule has 0 unspecified atom stereocenters. The average molecular weight is 420 g/mol. The number of rotatable bonds is 5. The Labute approximate surface area is 180 Å². The molecule has 3 amide bonds. The molecule has 0 bridgehead atoms. The molecule has 0 atom stereocenters. The molecule has 8 nitrogen and oxygen atoms in total. The number of nitrogens with one attached hydrogen (secondary N) is 2. The van der Waals surface area contributed by atoms with Gasteiger partial charge in [0.05, 0.1) is 6.54 Å². The zero-order valence-electron chi connectivity index (χ0n) is 17.9. The Bertz CT molecular complexity index is 1120. The maximum atomic E-state index is 12.3. The van der Waals surface area contributed by atoms with E-state index in [0.717, 1.165) is 16.7 Å². The van der Waals surface area contributed by atoms with Crippen LogP contribution < -0.4 is 10.6 Å². The predicted molar refractivity (Wildman–Crippen MR) is 116 cm³/mol. The van der Waals surface area contributed by atoms with Gasteiger partial charge in [-0.2, -0.15) is 0 Å². The monoisotopic (exact) mass is 420 g/mol. The number of amides is 3. The third kappa shape index (κ3) is 5.16. The first-order chi connectivity index (χ1) is 14.8. The molecule has 0 aliphatic rings. The van der Waals surface area contributed by atoms with Crippen molar-refractivity contribution in [3.8, 4) is 11.3 Å². The average Bonchev–Trinajstić information content (AvgIpc) is 3.11. The largest absolute Gasteiger partial charge is 0.356 e. The first-order valence-electron chi connectivity index (χ1n) is 9.69. The van der Waals surface area contributed by atoms with E-state index in [4.69, 9.17) is 4.52 Å². The lowest BCUT2D eigenvalue weighted by atomic mass is 10.1. The molecule has 31 heavy (non-hydrogen) atoms. The molecule has 2 aromatic carbocycles. The molecule has 2 N–H and O–H groups in total. The number of carbonyl (C=O) groups is 3. The van der Waals surface area contributed by atoms with Crippen molar-refractivity contribution in [1.29, 1.82) is 0 Å². The summed E-state index contributed by atoms with van der Waals surface area (Å²) in [4.78, 5) is 38.2. The van der Waals surface area contributed by atoms with Crippen molar-refractivity contribution in [2.75, 3.05) is 19.4 Å². The highest BCUT2D eigenvalue weighted by Crippen LogP contribution is 2.25. The number of aromatic nitrogens is 1. The lowest BCUT2D eigenvalue weighted by Gasteiger charge is -2.13. The van der Waals surface area contributed by atoms with E-state index in [9.17, 15) is 14.4 Å². The zero-order valence-corrected chi connectivity index (χ0v) is 17.9. The smallest absolute Gasteiger partial charge is 0.313 e. The molecular formula is C23H24N4O4. The van der Waals surface area contributed by atoms with E-state index in [2.05, 4.69) is 15.8 Å². The number of nitrogens with zero attached hydrogens (tertiary/aromatic N) is 2. The number of hydrogen-bond donors (Lipinski definition) is 2. The van der Waals surface area contributed by atoms with E-state index >= 15 is 0 Å². The molecule has 1 heterocycles. The number of aryl methyl sites for hydroxylation is 1. The van der Waals surface area contributed by atoms with Crippen LogP contribution in [-0.4, -0.2) is 41.9 Å². The lowest BCUT2D eigenvalue weighted by molar-refractivity contribution is -0.136. The minimum atomic E-state index is -0.835. The third-order valence-electron chi connectivity index (χ3n) is 4.67. The predicted octanol–water partition coefficient (Wildman–Crippen LogP) is 2.92. The van der Waals surface area contributed by atoms with Gasteiger partial charge in [0.15, 0.2) is 5.76 Å². The molecule has 8 heteroatoms. The van der Waals surface area contributed by atoms with Crippen molar-refractivity contribution < 1.29 is 18.9 Å². The van der Waals surface area contributed by atoms with Crippen LogP contribution in [0.25, 0.3) is 11.3 Å². The summed E-state index contributed by atoms with van der Waals surface area (Å²) >= 11 is 0. The van der Waals surface area contributed by atoms with E-state index in [1.54, 1.807) is 33.2 Å². The molecule has 0 radical (unpaired) electrons. The van der Waals surface area contributed by atoms with Gasteiger partial charge >= 0.3 is 11.8 Å². The lowest BCUT2D eigenvalue weighted by Crippen LogP contribution is -2.35. The van der Waals surface area contributed by atoms with Crippen LogP contribution in [-0.2, 0) is 16.1 Å². The van der Waals surface area contributed by atoms with Crippen LogP contribution in [0.2, 0.25) is 0 Å². The summed E-state index contributed by atoms with van der Waals surface area (Å²) in [5.74, 6) is -1.23. The Morgan fingerprint density at radius 2 is 1.71 bits per heavy atom. The Kier molecular flexibility index (Phi) is 6.49. The van der Waals surface area contributed by atoms with Crippen LogP contribution in [0.1, 0.15) is 27.2 Å². The van der Waals surface area contributed by atoms with Crippen LogP contribution >= 0.6 is 0 Å². The summed E-state index contributed by atoms with van der Waals surface area (Å²) in [5, 5.41) is 9.08. The maximum absolute atomic E-state index is 12.3. The molecule has 3 rings (SSSR count). The third-order valence-corrected chi connectivity index (χ3v) is 4.67. The summed E-state index contributed by atoms with van der Waals surface area (Å²) in [6, 6.07) is 14.4. The van der Waals surface area contributed by atoms with Gasteiger partial charge in [-0.25, -0.2) is 0 Å². The highest BCUT2D eigenvalue weighted by atomic mass is 16.5. The van der Waals surface area contributed by atoms with Gasteiger partial charge in [-0.05, 0) is 37.6 Å². The Morgan fingerprint density at radius 3 is 2.39 bits per heavy atom. The quantitative estimate of drug-likeness (QED) is 0.618. The normalized spacial score (nSPS) is 10.5. The highest BCUT2D eigenvalue weighted by Gasteiger charge is 2.18. The van der Waals surface area contributed by atoms with Crippen molar-refractivity contribution >= 4 is 23.4 Å². The summed E-state index contributed by atoms with van der Waals surface area (Å²) in [5.41, 5.74) is 3.79. The summed E-state index contributed by atoms with van der Waals surface area (Å²) in [6.45, 7) is 3.70. The molecule has 3 aromatic rings. The van der Waals surface area contributed by atoms with Crippen molar-refractivity contribution in [3.05, 3.63) is 70.9 Å². The molecular weight excluding hydrogens is 396 g/mol.